The summed E-state index contributed by atoms with van der Waals surface area (Å²) in [6.45, 7) is 8.19. The molecule has 0 saturated heterocycles. The van der Waals surface area contributed by atoms with Gasteiger partial charge in [-0.05, 0) is 6.42 Å². The minimum Gasteiger partial charge on any atom is -0.481 e. The van der Waals surface area contributed by atoms with Crippen LogP contribution in [0.4, 0.5) is 0 Å². The van der Waals surface area contributed by atoms with E-state index in [9.17, 15) is 14.4 Å². The smallest absolute Gasteiger partial charge is 0.327 e. The van der Waals surface area contributed by atoms with Crippen molar-refractivity contribution in [3.63, 3.8) is 0 Å². The zero-order valence-electron chi connectivity index (χ0n) is 19.7. The number of rotatable bonds is 18. The third-order valence-electron chi connectivity index (χ3n) is 4.34. The zero-order valence-corrected chi connectivity index (χ0v) is 22.6. The predicted molar refractivity (Wildman–Crippen MR) is 123 cm³/mol. The van der Waals surface area contributed by atoms with Gasteiger partial charge in [0.15, 0.2) is 0 Å². The topological polar surface area (TPSA) is 112 Å². The molecule has 7 heteroatoms. The summed E-state index contributed by atoms with van der Waals surface area (Å²) in [5.41, 5.74) is 0. The molecule has 0 aliphatic heterocycles. The van der Waals surface area contributed by atoms with Crippen molar-refractivity contribution < 1.29 is 49.2 Å². The van der Waals surface area contributed by atoms with Crippen LogP contribution in [0.3, 0.4) is 0 Å². The molecule has 0 atom stereocenters. The molecule has 6 nitrogen and oxygen atoms in total. The number of carbonyl (C=O) groups is 3. The van der Waals surface area contributed by atoms with Crippen molar-refractivity contribution in [3.05, 3.63) is 25.3 Å². The van der Waals surface area contributed by atoms with Gasteiger partial charge in [0, 0.05) is 38.1 Å². The molecule has 0 aromatic carbocycles. The molecule has 0 unspecified atom stereocenters. The second-order valence-corrected chi connectivity index (χ2v) is 7.18. The molecular weight excluding hydrogens is 450 g/mol. The number of unbranched alkanes of at least 4 members (excludes halogenated alkanes) is 14. The van der Waals surface area contributed by atoms with Crippen LogP contribution in [-0.2, 0) is 33.9 Å². The number of hydrogen-bond acceptors (Lipinski definition) is 3. The second-order valence-electron chi connectivity index (χ2n) is 7.18. The van der Waals surface area contributed by atoms with Crippen LogP contribution in [0.2, 0.25) is 0 Å². The molecule has 0 aromatic rings. The maximum Gasteiger partial charge on any atom is 0.327 e. The van der Waals surface area contributed by atoms with Crippen LogP contribution < -0.4 is 0 Å². The molecule has 0 heterocycles. The first-order valence-electron chi connectivity index (χ1n) is 11.2. The van der Waals surface area contributed by atoms with Crippen LogP contribution >= 0.6 is 0 Å². The molecule has 31 heavy (non-hydrogen) atoms. The van der Waals surface area contributed by atoms with Crippen LogP contribution in [0.1, 0.15) is 110 Å². The molecular formula is C24H44O6Zn. The normalized spacial score (nSPS) is 9.06. The minimum atomic E-state index is -0.981. The summed E-state index contributed by atoms with van der Waals surface area (Å²) in [6, 6.07) is 0. The fraction of sp³-hybridized carbons (Fsp3) is 0.708. The van der Waals surface area contributed by atoms with Gasteiger partial charge >= 0.3 is 17.9 Å². The number of hydrogen-bond donors (Lipinski definition) is 3. The summed E-state index contributed by atoms with van der Waals surface area (Å²) >= 11 is 0. The summed E-state index contributed by atoms with van der Waals surface area (Å²) < 4.78 is 0. The number of carboxylic acid groups (broad SMARTS) is 3. The quantitative estimate of drug-likeness (QED) is 0.109. The summed E-state index contributed by atoms with van der Waals surface area (Å²) in [7, 11) is 0. The van der Waals surface area contributed by atoms with Crippen molar-refractivity contribution in [2.75, 3.05) is 0 Å². The van der Waals surface area contributed by atoms with Crippen LogP contribution in [0.25, 0.3) is 0 Å². The van der Waals surface area contributed by atoms with E-state index >= 15 is 0 Å². The van der Waals surface area contributed by atoms with Crippen molar-refractivity contribution in [2.45, 2.75) is 110 Å². The summed E-state index contributed by atoms with van der Waals surface area (Å²) in [4.78, 5) is 28.8. The fourth-order valence-electron chi connectivity index (χ4n) is 2.65. The van der Waals surface area contributed by atoms with Gasteiger partial charge in [-0.2, -0.15) is 0 Å². The van der Waals surface area contributed by atoms with Gasteiger partial charge in [-0.15, -0.1) is 0 Å². The molecule has 0 bridgehead atoms. The summed E-state index contributed by atoms with van der Waals surface area (Å²) in [5.74, 6) is -2.62. The molecule has 0 rings (SSSR count). The van der Waals surface area contributed by atoms with Crippen molar-refractivity contribution in [3.8, 4) is 0 Å². The van der Waals surface area contributed by atoms with Gasteiger partial charge in [0.1, 0.15) is 0 Å². The van der Waals surface area contributed by atoms with E-state index in [2.05, 4.69) is 20.1 Å². The van der Waals surface area contributed by atoms with Gasteiger partial charge in [0.05, 0.1) is 0 Å². The Morgan fingerprint density at radius 2 is 0.806 bits per heavy atom. The summed E-state index contributed by atoms with van der Waals surface area (Å²) in [6.07, 6.45) is 21.9. The molecule has 0 amide bonds. The van der Waals surface area contributed by atoms with Gasteiger partial charge in [-0.3, -0.25) is 4.79 Å². The molecule has 0 radical (unpaired) electrons. The minimum absolute atomic E-state index is 0. The molecule has 0 spiro atoms. The third-order valence-corrected chi connectivity index (χ3v) is 4.34. The molecule has 3 N–H and O–H groups in total. The first-order valence-corrected chi connectivity index (χ1v) is 11.2. The van der Waals surface area contributed by atoms with E-state index in [1.165, 1.54) is 83.5 Å². The zero-order chi connectivity index (χ0) is 23.5. The Bertz CT molecular complexity index is 420. The van der Waals surface area contributed by atoms with Crippen LogP contribution in [0, 0.1) is 0 Å². The Hall–Kier alpha value is -1.49. The van der Waals surface area contributed by atoms with E-state index in [0.717, 1.165) is 25.0 Å². The monoisotopic (exact) mass is 492 g/mol. The largest absolute Gasteiger partial charge is 0.481 e. The molecule has 178 valence electrons. The Balaban J connectivity index is -0.000000275. The Morgan fingerprint density at radius 3 is 1.00 bits per heavy atom. The average molecular weight is 494 g/mol. The predicted octanol–water partition coefficient (Wildman–Crippen LogP) is 6.84. The van der Waals surface area contributed by atoms with E-state index in [4.69, 9.17) is 15.3 Å². The van der Waals surface area contributed by atoms with Crippen molar-refractivity contribution in [1.82, 2.24) is 0 Å². The standard InChI is InChI=1S/C18H36O2.2C3H4O2.Zn/c1-2-3-4-5-6-7-8-9-10-11-12-13-14-15-16-17-18(19)20;2*1-2-3(4)5;/h2-17H2,1H3,(H,19,20);2*2H,1H2,(H,4,5);. The van der Waals surface area contributed by atoms with Gasteiger partial charge < -0.3 is 15.3 Å². The summed E-state index contributed by atoms with van der Waals surface area (Å²) in [5, 5.41) is 23.7. The van der Waals surface area contributed by atoms with Gasteiger partial charge in [-0.1, -0.05) is 110 Å². The molecule has 0 fully saturated rings. The first kappa shape index (κ1) is 36.9. The number of carboxylic acids is 3. The van der Waals surface area contributed by atoms with E-state index in [0.29, 0.717) is 6.42 Å². The third kappa shape index (κ3) is 52.6. The Kier molecular flexibility index (Phi) is 39.4. The van der Waals surface area contributed by atoms with Crippen molar-refractivity contribution in [2.24, 2.45) is 0 Å². The molecule has 0 aliphatic carbocycles. The SMILES string of the molecule is C=CC(=O)O.C=CC(=O)O.CCCCCCCCCCCCCCCCCC(=O)O.[Zn]. The fourth-order valence-corrected chi connectivity index (χ4v) is 2.65. The molecule has 0 aliphatic rings. The van der Waals surface area contributed by atoms with Crippen LogP contribution in [0.15, 0.2) is 25.3 Å². The van der Waals surface area contributed by atoms with E-state index < -0.39 is 17.9 Å². The van der Waals surface area contributed by atoms with Crippen molar-refractivity contribution >= 4 is 17.9 Å². The maximum absolute atomic E-state index is 10.3. The van der Waals surface area contributed by atoms with Gasteiger partial charge in [-0.25, -0.2) is 9.59 Å². The van der Waals surface area contributed by atoms with Crippen LogP contribution in [-0.4, -0.2) is 33.2 Å². The maximum atomic E-state index is 10.3. The van der Waals surface area contributed by atoms with E-state index in [1.54, 1.807) is 0 Å². The van der Waals surface area contributed by atoms with E-state index in [1.807, 2.05) is 0 Å². The molecule has 0 saturated carbocycles. The first-order chi connectivity index (χ1) is 14.3. The van der Waals surface area contributed by atoms with Crippen LogP contribution in [0.5, 0.6) is 0 Å². The molecule has 0 aromatic heterocycles. The van der Waals surface area contributed by atoms with Gasteiger partial charge in [0.25, 0.3) is 0 Å². The van der Waals surface area contributed by atoms with Gasteiger partial charge in [0.2, 0.25) is 0 Å². The second kappa shape index (κ2) is 33.2. The number of aliphatic carboxylic acids is 3. The Morgan fingerprint density at radius 1 is 0.581 bits per heavy atom. The average Bonchev–Trinajstić information content (AvgIpc) is 2.71. The van der Waals surface area contributed by atoms with Crippen molar-refractivity contribution in [1.29, 1.82) is 0 Å². The van der Waals surface area contributed by atoms with E-state index in [-0.39, 0.29) is 19.5 Å². The Labute approximate surface area is 202 Å².